The van der Waals surface area contributed by atoms with Crippen LogP contribution in [0, 0.1) is 23.1 Å². The minimum atomic E-state index is -0.405. The maximum atomic E-state index is 14.0. The molecule has 0 aliphatic heterocycles. The Labute approximate surface area is 193 Å². The largest absolute Gasteiger partial charge is 0.309 e. The van der Waals surface area contributed by atoms with E-state index in [-0.39, 0.29) is 17.3 Å². The molecule has 2 heterocycles. The number of halogens is 2. The monoisotopic (exact) mass is 498 g/mol. The summed E-state index contributed by atoms with van der Waals surface area (Å²) in [6.07, 6.45) is 9.51. The number of amides is 1. The number of hydrogen-bond acceptors (Lipinski definition) is 4. The highest BCUT2D eigenvalue weighted by Gasteiger charge is 2.61. The standard InChI is InChI=1S/C23H24BrFN6O/c24-21-26-14-31(29-21)23-10-15-7-16(11-23)9-22(8-15,13-23)20(32)27-19-5-6-30(28-19)12-17-3-1-2-4-18(17)25/h1-6,14-16H,7-13H2,(H,27,28,32). The molecule has 4 aliphatic carbocycles. The molecule has 7 nitrogen and oxygen atoms in total. The zero-order valence-corrected chi connectivity index (χ0v) is 19.1. The summed E-state index contributed by atoms with van der Waals surface area (Å²) in [6.45, 7) is 0.322. The van der Waals surface area contributed by atoms with Crippen molar-refractivity contribution in [1.82, 2.24) is 24.5 Å². The van der Waals surface area contributed by atoms with Gasteiger partial charge in [0.05, 0.1) is 17.5 Å². The fourth-order valence-corrected chi connectivity index (χ4v) is 7.05. The SMILES string of the molecule is O=C(Nc1ccn(Cc2ccccc2F)n1)C12CC3CC(C1)CC(n1cnc(Br)n1)(C3)C2. The van der Waals surface area contributed by atoms with Gasteiger partial charge in [0.1, 0.15) is 12.1 Å². The van der Waals surface area contributed by atoms with Crippen molar-refractivity contribution in [3.8, 4) is 0 Å². The van der Waals surface area contributed by atoms with Crippen LogP contribution in [0.4, 0.5) is 10.2 Å². The molecule has 0 saturated heterocycles. The lowest BCUT2D eigenvalue weighted by atomic mass is 9.46. The Kier molecular flexibility index (Phi) is 4.54. The van der Waals surface area contributed by atoms with Gasteiger partial charge in [-0.2, -0.15) is 5.10 Å². The molecular formula is C23H24BrFN6O. The highest BCUT2D eigenvalue weighted by atomic mass is 79.9. The highest BCUT2D eigenvalue weighted by molar-refractivity contribution is 9.10. The van der Waals surface area contributed by atoms with Crippen molar-refractivity contribution < 1.29 is 9.18 Å². The van der Waals surface area contributed by atoms with Crippen LogP contribution < -0.4 is 5.32 Å². The fraction of sp³-hybridized carbons (Fsp3) is 0.478. The molecule has 7 rings (SSSR count). The van der Waals surface area contributed by atoms with Gasteiger partial charge in [-0.05, 0) is 72.4 Å². The van der Waals surface area contributed by atoms with Crippen LogP contribution >= 0.6 is 15.9 Å². The van der Waals surface area contributed by atoms with Crippen LogP contribution in [0.1, 0.15) is 44.1 Å². The number of rotatable bonds is 5. The number of nitrogens with one attached hydrogen (secondary N) is 1. The van der Waals surface area contributed by atoms with Crippen molar-refractivity contribution in [3.63, 3.8) is 0 Å². The predicted octanol–water partition coefficient (Wildman–Crippen LogP) is 4.36. The van der Waals surface area contributed by atoms with Crippen molar-refractivity contribution in [3.05, 3.63) is 59.0 Å². The van der Waals surface area contributed by atoms with E-state index in [0.29, 0.717) is 34.5 Å². The van der Waals surface area contributed by atoms with Crippen LogP contribution in [-0.4, -0.2) is 30.5 Å². The van der Waals surface area contributed by atoms with Crippen LogP contribution in [0.5, 0.6) is 0 Å². The summed E-state index contributed by atoms with van der Waals surface area (Å²) in [5, 5.41) is 12.1. The smallest absolute Gasteiger partial charge is 0.231 e. The summed E-state index contributed by atoms with van der Waals surface area (Å²) < 4.78 is 18.2. The quantitative estimate of drug-likeness (QED) is 0.566. The molecule has 1 N–H and O–H groups in total. The molecule has 3 aromatic rings. The number of aromatic nitrogens is 5. The molecule has 166 valence electrons. The lowest BCUT2D eigenvalue weighted by Gasteiger charge is -2.60. The Bertz CT molecular complexity index is 1170. The third-order valence-corrected chi connectivity index (χ3v) is 8.00. The molecule has 9 heteroatoms. The van der Waals surface area contributed by atoms with Gasteiger partial charge in [-0.1, -0.05) is 18.2 Å². The summed E-state index contributed by atoms with van der Waals surface area (Å²) >= 11 is 3.37. The average molecular weight is 499 g/mol. The van der Waals surface area contributed by atoms with E-state index in [2.05, 4.69) is 36.4 Å². The molecule has 0 spiro atoms. The van der Waals surface area contributed by atoms with Crippen LogP contribution in [-0.2, 0) is 16.9 Å². The molecule has 1 aromatic carbocycles. The molecule has 4 bridgehead atoms. The van der Waals surface area contributed by atoms with Gasteiger partial charge in [0.2, 0.25) is 10.6 Å². The zero-order chi connectivity index (χ0) is 21.9. The van der Waals surface area contributed by atoms with Crippen molar-refractivity contribution in [2.24, 2.45) is 17.3 Å². The minimum absolute atomic E-state index is 0.0475. The van der Waals surface area contributed by atoms with Gasteiger partial charge in [-0.25, -0.2) is 14.1 Å². The van der Waals surface area contributed by atoms with E-state index in [4.69, 9.17) is 0 Å². The molecule has 2 atom stereocenters. The number of benzene rings is 1. The van der Waals surface area contributed by atoms with Gasteiger partial charge >= 0.3 is 0 Å². The van der Waals surface area contributed by atoms with E-state index in [1.54, 1.807) is 41.5 Å². The predicted molar refractivity (Wildman–Crippen MR) is 119 cm³/mol. The molecule has 1 amide bonds. The third kappa shape index (κ3) is 3.29. The third-order valence-electron chi connectivity index (χ3n) is 7.63. The molecule has 32 heavy (non-hydrogen) atoms. The Morgan fingerprint density at radius 3 is 2.66 bits per heavy atom. The molecule has 4 fully saturated rings. The van der Waals surface area contributed by atoms with Crippen LogP contribution in [0.15, 0.2) is 47.6 Å². The fourth-order valence-electron chi connectivity index (χ4n) is 6.79. The van der Waals surface area contributed by atoms with Crippen molar-refractivity contribution in [2.75, 3.05) is 5.32 Å². The first kappa shape index (κ1) is 20.1. The first-order valence-electron chi connectivity index (χ1n) is 11.1. The van der Waals surface area contributed by atoms with Crippen LogP contribution in [0.3, 0.4) is 0 Å². The summed E-state index contributed by atoms with van der Waals surface area (Å²) in [7, 11) is 0. The highest BCUT2D eigenvalue weighted by Crippen LogP contribution is 2.64. The zero-order valence-electron chi connectivity index (χ0n) is 17.5. The first-order chi connectivity index (χ1) is 15.4. The van der Waals surface area contributed by atoms with E-state index in [0.717, 1.165) is 32.1 Å². The van der Waals surface area contributed by atoms with Crippen molar-refractivity contribution in [2.45, 2.75) is 50.6 Å². The second kappa shape index (κ2) is 7.23. The Morgan fingerprint density at radius 1 is 1.16 bits per heavy atom. The van der Waals surface area contributed by atoms with Crippen molar-refractivity contribution >= 4 is 27.7 Å². The summed E-state index contributed by atoms with van der Waals surface area (Å²) in [6, 6.07) is 8.44. The number of hydrogen-bond donors (Lipinski definition) is 1. The van der Waals surface area contributed by atoms with Gasteiger partial charge in [0.25, 0.3) is 0 Å². The second-order valence-corrected chi connectivity index (χ2v) is 10.6. The number of nitrogens with zero attached hydrogens (tertiary/aromatic N) is 5. The molecule has 2 unspecified atom stereocenters. The lowest BCUT2D eigenvalue weighted by Crippen LogP contribution is -2.60. The van der Waals surface area contributed by atoms with Crippen LogP contribution in [0.2, 0.25) is 0 Å². The van der Waals surface area contributed by atoms with Gasteiger partial charge in [0, 0.05) is 17.8 Å². The van der Waals surface area contributed by atoms with Gasteiger partial charge in [-0.15, -0.1) is 5.10 Å². The van der Waals surface area contributed by atoms with Crippen LogP contribution in [0.25, 0.3) is 0 Å². The van der Waals surface area contributed by atoms with E-state index in [1.165, 1.54) is 12.5 Å². The lowest BCUT2D eigenvalue weighted by molar-refractivity contribution is -0.150. The number of anilines is 1. The molecule has 4 aliphatic rings. The Morgan fingerprint density at radius 2 is 1.94 bits per heavy atom. The normalized spacial score (nSPS) is 30.6. The first-order valence-corrected chi connectivity index (χ1v) is 11.9. The number of carbonyl (C=O) groups is 1. The molecule has 0 radical (unpaired) electrons. The van der Waals surface area contributed by atoms with Gasteiger partial charge in [-0.3, -0.25) is 9.48 Å². The maximum absolute atomic E-state index is 14.0. The second-order valence-electron chi connectivity index (χ2n) is 9.87. The van der Waals surface area contributed by atoms with Crippen molar-refractivity contribution in [1.29, 1.82) is 0 Å². The van der Waals surface area contributed by atoms with Gasteiger partial charge in [0.15, 0.2) is 5.82 Å². The van der Waals surface area contributed by atoms with E-state index in [1.807, 2.05) is 4.68 Å². The summed E-state index contributed by atoms with van der Waals surface area (Å²) in [5.74, 6) is 1.37. The Hall–Kier alpha value is -2.55. The van der Waals surface area contributed by atoms with E-state index < -0.39 is 5.41 Å². The maximum Gasteiger partial charge on any atom is 0.231 e. The summed E-state index contributed by atoms with van der Waals surface area (Å²) in [5.41, 5.74) is 0.0261. The minimum Gasteiger partial charge on any atom is -0.309 e. The molecular weight excluding hydrogens is 475 g/mol. The van der Waals surface area contributed by atoms with Gasteiger partial charge < -0.3 is 5.32 Å². The van der Waals surface area contributed by atoms with E-state index in [9.17, 15) is 9.18 Å². The topological polar surface area (TPSA) is 77.6 Å². The average Bonchev–Trinajstić information content (AvgIpc) is 3.38. The molecule has 4 saturated carbocycles. The Balaban J connectivity index is 1.22. The number of carbonyl (C=O) groups excluding carboxylic acids is 1. The van der Waals surface area contributed by atoms with E-state index >= 15 is 0 Å². The molecule has 2 aromatic heterocycles. The summed E-state index contributed by atoms with van der Waals surface area (Å²) in [4.78, 5) is 17.9.